The number of rotatable bonds is 6. The number of aryl methyl sites for hydroxylation is 1. The highest BCUT2D eigenvalue weighted by Crippen LogP contribution is 2.29. The van der Waals surface area contributed by atoms with E-state index < -0.39 is 0 Å². The Bertz CT molecular complexity index is 572. The number of hydrogen-bond donors (Lipinski definition) is 0. The SMILES string of the molecule is CCOc1cc(CBr)ccc1OCc1cccc(C)n1. The van der Waals surface area contributed by atoms with E-state index in [4.69, 9.17) is 9.47 Å². The highest BCUT2D eigenvalue weighted by molar-refractivity contribution is 9.08. The molecule has 0 unspecified atom stereocenters. The average Bonchev–Trinajstić information content (AvgIpc) is 2.46. The van der Waals surface area contributed by atoms with Crippen LogP contribution in [0.5, 0.6) is 11.5 Å². The van der Waals surface area contributed by atoms with E-state index in [0.717, 1.165) is 33.8 Å². The summed E-state index contributed by atoms with van der Waals surface area (Å²) in [5.41, 5.74) is 3.07. The Kier molecular flexibility index (Phi) is 5.41. The Hall–Kier alpha value is -1.55. The maximum absolute atomic E-state index is 5.83. The Labute approximate surface area is 128 Å². The molecular formula is C16H18BrNO2. The average molecular weight is 336 g/mol. The van der Waals surface area contributed by atoms with Gasteiger partial charge in [-0.3, -0.25) is 4.98 Å². The molecule has 4 heteroatoms. The van der Waals surface area contributed by atoms with Crippen LogP contribution in [-0.2, 0) is 11.9 Å². The van der Waals surface area contributed by atoms with Gasteiger partial charge in [0.05, 0.1) is 12.3 Å². The summed E-state index contributed by atoms with van der Waals surface area (Å²) in [7, 11) is 0. The molecule has 2 aromatic rings. The van der Waals surface area contributed by atoms with Crippen molar-refractivity contribution in [3.8, 4) is 11.5 Å². The number of nitrogens with zero attached hydrogens (tertiary/aromatic N) is 1. The van der Waals surface area contributed by atoms with Crippen molar-refractivity contribution in [1.29, 1.82) is 0 Å². The van der Waals surface area contributed by atoms with Crippen LogP contribution in [0.15, 0.2) is 36.4 Å². The van der Waals surface area contributed by atoms with Crippen LogP contribution in [0.1, 0.15) is 23.9 Å². The van der Waals surface area contributed by atoms with Crippen LogP contribution in [-0.4, -0.2) is 11.6 Å². The first-order valence-electron chi connectivity index (χ1n) is 6.60. The van der Waals surface area contributed by atoms with E-state index >= 15 is 0 Å². The molecule has 1 aromatic carbocycles. The van der Waals surface area contributed by atoms with Crippen LogP contribution in [0.4, 0.5) is 0 Å². The van der Waals surface area contributed by atoms with Crippen molar-refractivity contribution < 1.29 is 9.47 Å². The standard InChI is InChI=1S/C16H18BrNO2/c1-3-19-16-9-13(10-17)7-8-15(16)20-11-14-6-4-5-12(2)18-14/h4-9H,3,10-11H2,1-2H3. The predicted molar refractivity (Wildman–Crippen MR) is 83.5 cm³/mol. The zero-order valence-corrected chi connectivity index (χ0v) is 13.3. The molecule has 0 spiro atoms. The second kappa shape index (κ2) is 7.29. The molecule has 20 heavy (non-hydrogen) atoms. The third-order valence-corrected chi connectivity index (χ3v) is 3.43. The van der Waals surface area contributed by atoms with Gasteiger partial charge in [-0.25, -0.2) is 0 Å². The summed E-state index contributed by atoms with van der Waals surface area (Å²) >= 11 is 3.44. The summed E-state index contributed by atoms with van der Waals surface area (Å²) < 4.78 is 11.5. The number of pyridine rings is 1. The molecule has 3 nitrogen and oxygen atoms in total. The number of aromatic nitrogens is 1. The molecule has 106 valence electrons. The largest absolute Gasteiger partial charge is 0.490 e. The van der Waals surface area contributed by atoms with Gasteiger partial charge in [0, 0.05) is 11.0 Å². The van der Waals surface area contributed by atoms with Crippen LogP contribution in [0.2, 0.25) is 0 Å². The third kappa shape index (κ3) is 3.97. The van der Waals surface area contributed by atoms with Crippen molar-refractivity contribution in [3.05, 3.63) is 53.3 Å². The highest BCUT2D eigenvalue weighted by Gasteiger charge is 2.07. The van der Waals surface area contributed by atoms with Crippen molar-refractivity contribution in [2.45, 2.75) is 25.8 Å². The predicted octanol–water partition coefficient (Wildman–Crippen LogP) is 4.26. The van der Waals surface area contributed by atoms with Crippen LogP contribution in [0.25, 0.3) is 0 Å². The molecule has 0 saturated carbocycles. The topological polar surface area (TPSA) is 31.4 Å². The fraction of sp³-hybridized carbons (Fsp3) is 0.312. The quantitative estimate of drug-likeness (QED) is 0.739. The van der Waals surface area contributed by atoms with E-state index in [1.54, 1.807) is 0 Å². The molecule has 0 amide bonds. The maximum atomic E-state index is 5.83. The molecule has 0 aliphatic rings. The van der Waals surface area contributed by atoms with E-state index in [9.17, 15) is 0 Å². The first-order chi connectivity index (χ1) is 9.72. The molecule has 0 aliphatic carbocycles. The van der Waals surface area contributed by atoms with Gasteiger partial charge in [0.2, 0.25) is 0 Å². The number of benzene rings is 1. The smallest absolute Gasteiger partial charge is 0.161 e. The third-order valence-electron chi connectivity index (χ3n) is 2.78. The second-order valence-corrected chi connectivity index (χ2v) is 4.97. The van der Waals surface area contributed by atoms with Crippen LogP contribution in [0.3, 0.4) is 0 Å². The Morgan fingerprint density at radius 2 is 1.95 bits per heavy atom. The fourth-order valence-electron chi connectivity index (χ4n) is 1.85. The zero-order valence-electron chi connectivity index (χ0n) is 11.7. The molecule has 0 atom stereocenters. The Morgan fingerprint density at radius 3 is 2.65 bits per heavy atom. The van der Waals surface area contributed by atoms with E-state index in [0.29, 0.717) is 13.2 Å². The van der Waals surface area contributed by atoms with Crippen molar-refractivity contribution in [3.63, 3.8) is 0 Å². The van der Waals surface area contributed by atoms with Gasteiger partial charge in [0.25, 0.3) is 0 Å². The van der Waals surface area contributed by atoms with Crippen molar-refractivity contribution in [2.24, 2.45) is 0 Å². The van der Waals surface area contributed by atoms with Crippen LogP contribution < -0.4 is 9.47 Å². The highest BCUT2D eigenvalue weighted by atomic mass is 79.9. The molecule has 1 aromatic heterocycles. The van der Waals surface area contributed by atoms with E-state index in [2.05, 4.69) is 20.9 Å². The molecule has 1 heterocycles. The van der Waals surface area contributed by atoms with Gasteiger partial charge in [-0.05, 0) is 43.7 Å². The lowest BCUT2D eigenvalue weighted by Gasteiger charge is -2.13. The summed E-state index contributed by atoms with van der Waals surface area (Å²) in [5, 5.41) is 0.798. The van der Waals surface area contributed by atoms with Crippen molar-refractivity contribution in [1.82, 2.24) is 4.98 Å². The zero-order chi connectivity index (χ0) is 14.4. The minimum Gasteiger partial charge on any atom is -0.490 e. The monoisotopic (exact) mass is 335 g/mol. The van der Waals surface area contributed by atoms with Gasteiger partial charge in [-0.15, -0.1) is 0 Å². The van der Waals surface area contributed by atoms with Gasteiger partial charge in [0.1, 0.15) is 6.61 Å². The summed E-state index contributed by atoms with van der Waals surface area (Å²) in [6.07, 6.45) is 0. The van der Waals surface area contributed by atoms with Gasteiger partial charge in [-0.1, -0.05) is 28.1 Å². The number of alkyl halides is 1. The Morgan fingerprint density at radius 1 is 1.10 bits per heavy atom. The van der Waals surface area contributed by atoms with E-state index in [1.165, 1.54) is 0 Å². The van der Waals surface area contributed by atoms with Gasteiger partial charge >= 0.3 is 0 Å². The van der Waals surface area contributed by atoms with Gasteiger partial charge < -0.3 is 9.47 Å². The summed E-state index contributed by atoms with van der Waals surface area (Å²) in [5.74, 6) is 1.52. The molecule has 0 bridgehead atoms. The summed E-state index contributed by atoms with van der Waals surface area (Å²) in [4.78, 5) is 4.42. The van der Waals surface area contributed by atoms with Gasteiger partial charge in [-0.2, -0.15) is 0 Å². The first kappa shape index (κ1) is 14.9. The fourth-order valence-corrected chi connectivity index (χ4v) is 2.20. The van der Waals surface area contributed by atoms with Crippen LogP contribution >= 0.6 is 15.9 Å². The van der Waals surface area contributed by atoms with Crippen molar-refractivity contribution >= 4 is 15.9 Å². The summed E-state index contributed by atoms with van der Waals surface area (Å²) in [6, 6.07) is 11.9. The van der Waals surface area contributed by atoms with Gasteiger partial charge in [0.15, 0.2) is 11.5 Å². The molecule has 0 aliphatic heterocycles. The molecule has 0 fully saturated rings. The summed E-state index contributed by atoms with van der Waals surface area (Å²) in [6.45, 7) is 4.99. The Balaban J connectivity index is 2.12. The lowest BCUT2D eigenvalue weighted by molar-refractivity contribution is 0.266. The first-order valence-corrected chi connectivity index (χ1v) is 7.72. The minimum absolute atomic E-state index is 0.440. The number of ether oxygens (including phenoxy) is 2. The lowest BCUT2D eigenvalue weighted by atomic mass is 10.2. The van der Waals surface area contributed by atoms with Crippen molar-refractivity contribution in [2.75, 3.05) is 6.61 Å². The second-order valence-electron chi connectivity index (χ2n) is 4.41. The number of halogens is 1. The molecule has 2 rings (SSSR count). The van der Waals surface area contributed by atoms with E-state index in [-0.39, 0.29) is 0 Å². The van der Waals surface area contributed by atoms with E-state index in [1.807, 2.05) is 50.2 Å². The molecule has 0 radical (unpaired) electrons. The molecule has 0 saturated heterocycles. The van der Waals surface area contributed by atoms with Crippen LogP contribution in [0, 0.1) is 6.92 Å². The normalized spacial score (nSPS) is 10.3. The molecule has 0 N–H and O–H groups in total. The maximum Gasteiger partial charge on any atom is 0.161 e. The minimum atomic E-state index is 0.440. The lowest BCUT2D eigenvalue weighted by Crippen LogP contribution is -2.02. The molecular weight excluding hydrogens is 318 g/mol. The number of hydrogen-bond acceptors (Lipinski definition) is 3.